The lowest BCUT2D eigenvalue weighted by molar-refractivity contribution is 0.0639. The number of amides is 1. The summed E-state index contributed by atoms with van der Waals surface area (Å²) in [5, 5.41) is 7.32. The largest absolute Gasteiger partial charge is 0.416 e. The summed E-state index contributed by atoms with van der Waals surface area (Å²) in [5.74, 6) is 1.87. The lowest BCUT2D eigenvalue weighted by Gasteiger charge is -2.21. The van der Waals surface area contributed by atoms with E-state index in [-0.39, 0.29) is 17.6 Å². The third-order valence-corrected chi connectivity index (χ3v) is 4.05. The molecule has 0 atom stereocenters. The molecule has 2 aromatic heterocycles. The molecule has 1 aliphatic rings. The Hall–Kier alpha value is -1.89. The molecule has 1 aliphatic heterocycles. The molecule has 7 heteroatoms. The maximum absolute atomic E-state index is 12.3. The van der Waals surface area contributed by atoms with Gasteiger partial charge in [0.15, 0.2) is 5.82 Å². The molecule has 3 heterocycles. The summed E-state index contributed by atoms with van der Waals surface area (Å²) >= 11 is 0. The molecule has 2 aromatic rings. The SMILES string of the molecule is Cc1c(C(=O)NCC2CCOCC2)oc2nc(C(C)C)nn12. The van der Waals surface area contributed by atoms with Gasteiger partial charge in [-0.15, -0.1) is 5.10 Å². The molecule has 1 amide bonds. The summed E-state index contributed by atoms with van der Waals surface area (Å²) in [4.78, 5) is 16.6. The molecule has 7 nitrogen and oxygen atoms in total. The maximum Gasteiger partial charge on any atom is 0.325 e. The average molecular weight is 306 g/mol. The lowest BCUT2D eigenvalue weighted by Crippen LogP contribution is -2.32. The summed E-state index contributed by atoms with van der Waals surface area (Å²) in [6, 6.07) is 0. The van der Waals surface area contributed by atoms with Gasteiger partial charge in [0.05, 0.1) is 5.69 Å². The highest BCUT2D eigenvalue weighted by molar-refractivity contribution is 5.92. The molecule has 1 N–H and O–H groups in total. The summed E-state index contributed by atoms with van der Waals surface area (Å²) in [7, 11) is 0. The molecule has 3 rings (SSSR count). The standard InChI is InChI=1S/C15H22N4O3/c1-9(2)13-17-15-19(18-13)10(3)12(22-15)14(20)16-8-11-4-6-21-7-5-11/h9,11H,4-8H2,1-3H3,(H,16,20). The zero-order valence-corrected chi connectivity index (χ0v) is 13.3. The van der Waals surface area contributed by atoms with Crippen LogP contribution in [0.25, 0.3) is 5.84 Å². The molecule has 0 radical (unpaired) electrons. The molecule has 0 saturated carbocycles. The van der Waals surface area contributed by atoms with Gasteiger partial charge in [-0.25, -0.2) is 0 Å². The van der Waals surface area contributed by atoms with E-state index in [0.29, 0.717) is 24.0 Å². The van der Waals surface area contributed by atoms with E-state index in [1.54, 1.807) is 4.52 Å². The van der Waals surface area contributed by atoms with Crippen molar-refractivity contribution in [1.29, 1.82) is 0 Å². The zero-order valence-electron chi connectivity index (χ0n) is 13.3. The van der Waals surface area contributed by atoms with Crippen LogP contribution < -0.4 is 5.32 Å². The smallest absolute Gasteiger partial charge is 0.325 e. The minimum Gasteiger partial charge on any atom is -0.416 e. The Morgan fingerprint density at radius 3 is 2.77 bits per heavy atom. The van der Waals surface area contributed by atoms with Crippen molar-refractivity contribution in [3.05, 3.63) is 17.3 Å². The molecule has 0 aliphatic carbocycles. The monoisotopic (exact) mass is 306 g/mol. The number of nitrogens with zero attached hydrogens (tertiary/aromatic N) is 3. The number of aryl methyl sites for hydroxylation is 1. The Kier molecular flexibility index (Phi) is 4.15. The fourth-order valence-corrected chi connectivity index (χ4v) is 2.58. The second-order valence-electron chi connectivity index (χ2n) is 6.10. The van der Waals surface area contributed by atoms with Crippen molar-refractivity contribution < 1.29 is 13.9 Å². The van der Waals surface area contributed by atoms with Gasteiger partial charge in [0.25, 0.3) is 5.91 Å². The molecular formula is C15H22N4O3. The van der Waals surface area contributed by atoms with Crippen LogP contribution in [0.1, 0.15) is 54.7 Å². The summed E-state index contributed by atoms with van der Waals surface area (Å²) in [6.45, 7) is 8.05. The van der Waals surface area contributed by atoms with Crippen molar-refractivity contribution in [2.45, 2.75) is 39.5 Å². The van der Waals surface area contributed by atoms with Gasteiger partial charge in [-0.2, -0.15) is 9.50 Å². The highest BCUT2D eigenvalue weighted by Gasteiger charge is 2.22. The molecule has 0 aromatic carbocycles. The van der Waals surface area contributed by atoms with Crippen LogP contribution in [0.2, 0.25) is 0 Å². The van der Waals surface area contributed by atoms with E-state index in [1.165, 1.54) is 0 Å². The summed E-state index contributed by atoms with van der Waals surface area (Å²) in [5.41, 5.74) is 0.680. The van der Waals surface area contributed by atoms with Gasteiger partial charge in [0.1, 0.15) is 0 Å². The topological polar surface area (TPSA) is 81.7 Å². The van der Waals surface area contributed by atoms with Crippen LogP contribution in [-0.2, 0) is 4.74 Å². The maximum atomic E-state index is 12.3. The first-order valence-electron chi connectivity index (χ1n) is 7.78. The molecule has 22 heavy (non-hydrogen) atoms. The third-order valence-electron chi connectivity index (χ3n) is 4.05. The third kappa shape index (κ3) is 2.85. The van der Waals surface area contributed by atoms with Crippen LogP contribution >= 0.6 is 0 Å². The van der Waals surface area contributed by atoms with E-state index in [2.05, 4.69) is 15.4 Å². The number of hydrogen-bond acceptors (Lipinski definition) is 5. The first-order valence-corrected chi connectivity index (χ1v) is 7.78. The fraction of sp³-hybridized carbons (Fsp3) is 0.667. The number of aromatic nitrogens is 3. The number of oxazole rings is 1. The highest BCUT2D eigenvalue weighted by atomic mass is 16.5. The van der Waals surface area contributed by atoms with Crippen LogP contribution in [0.3, 0.4) is 0 Å². The van der Waals surface area contributed by atoms with Gasteiger partial charge in [-0.1, -0.05) is 13.8 Å². The second-order valence-corrected chi connectivity index (χ2v) is 6.10. The normalized spacial score (nSPS) is 16.5. The highest BCUT2D eigenvalue weighted by Crippen LogP contribution is 2.18. The Morgan fingerprint density at radius 1 is 1.41 bits per heavy atom. The van der Waals surface area contributed by atoms with E-state index in [4.69, 9.17) is 9.15 Å². The fourth-order valence-electron chi connectivity index (χ4n) is 2.58. The quantitative estimate of drug-likeness (QED) is 0.933. The summed E-state index contributed by atoms with van der Waals surface area (Å²) < 4.78 is 12.5. The van der Waals surface area contributed by atoms with Crippen molar-refractivity contribution in [3.8, 4) is 0 Å². The molecule has 1 fully saturated rings. The predicted octanol–water partition coefficient (Wildman–Crippen LogP) is 1.91. The van der Waals surface area contributed by atoms with Gasteiger partial charge < -0.3 is 14.5 Å². The Balaban J connectivity index is 1.70. The van der Waals surface area contributed by atoms with Gasteiger partial charge >= 0.3 is 5.84 Å². The number of ether oxygens (including phenoxy) is 1. The average Bonchev–Trinajstić information content (AvgIpc) is 3.06. The number of nitrogens with one attached hydrogen (secondary N) is 1. The molecule has 120 valence electrons. The van der Waals surface area contributed by atoms with E-state index in [0.717, 1.165) is 31.9 Å². The first kappa shape index (κ1) is 15.0. The Bertz CT molecular complexity index is 668. The van der Waals surface area contributed by atoms with E-state index in [9.17, 15) is 4.79 Å². The van der Waals surface area contributed by atoms with Crippen molar-refractivity contribution in [3.63, 3.8) is 0 Å². The number of carbonyl (C=O) groups is 1. The van der Waals surface area contributed by atoms with Gasteiger partial charge in [0.2, 0.25) is 5.76 Å². The van der Waals surface area contributed by atoms with Gasteiger partial charge in [-0.05, 0) is 25.7 Å². The minimum absolute atomic E-state index is 0.206. The number of fused-ring (bicyclic) bond motifs is 1. The molecular weight excluding hydrogens is 284 g/mol. The van der Waals surface area contributed by atoms with Crippen LogP contribution in [0.5, 0.6) is 0 Å². The summed E-state index contributed by atoms with van der Waals surface area (Å²) in [6.07, 6.45) is 1.97. The minimum atomic E-state index is -0.206. The number of hydrogen-bond donors (Lipinski definition) is 1. The Labute approximate surface area is 129 Å². The molecule has 0 spiro atoms. The lowest BCUT2D eigenvalue weighted by atomic mass is 10.0. The van der Waals surface area contributed by atoms with Crippen molar-refractivity contribution in [2.75, 3.05) is 19.8 Å². The molecule has 0 bridgehead atoms. The van der Waals surface area contributed by atoms with Crippen LogP contribution in [0.15, 0.2) is 4.42 Å². The van der Waals surface area contributed by atoms with E-state index < -0.39 is 0 Å². The van der Waals surface area contributed by atoms with E-state index >= 15 is 0 Å². The zero-order chi connectivity index (χ0) is 15.7. The van der Waals surface area contributed by atoms with Crippen LogP contribution in [-0.4, -0.2) is 40.3 Å². The molecule has 1 saturated heterocycles. The van der Waals surface area contributed by atoms with Gasteiger partial charge in [0, 0.05) is 25.7 Å². The second kappa shape index (κ2) is 6.08. The van der Waals surface area contributed by atoms with Crippen molar-refractivity contribution in [2.24, 2.45) is 5.92 Å². The van der Waals surface area contributed by atoms with Crippen molar-refractivity contribution >= 4 is 11.8 Å². The number of rotatable bonds is 4. The first-order chi connectivity index (χ1) is 10.6. The Morgan fingerprint density at radius 2 is 2.14 bits per heavy atom. The van der Waals surface area contributed by atoms with Crippen LogP contribution in [0.4, 0.5) is 0 Å². The van der Waals surface area contributed by atoms with Crippen molar-refractivity contribution in [1.82, 2.24) is 19.9 Å². The van der Waals surface area contributed by atoms with E-state index in [1.807, 2.05) is 20.8 Å². The van der Waals surface area contributed by atoms with Crippen LogP contribution in [0, 0.1) is 12.8 Å². The van der Waals surface area contributed by atoms with Gasteiger partial charge in [-0.3, -0.25) is 4.79 Å². The molecule has 0 unspecified atom stereocenters. The number of carbonyl (C=O) groups excluding carboxylic acids is 1. The predicted molar refractivity (Wildman–Crippen MR) is 80.0 cm³/mol.